The standard InChI is InChI=1S/C12H15N3O4S/c1-14(7-6-10(16)17)11(12(13)20)8-2-4-9(5-3-8)15(18)19/h2-5,11H,6-7H2,1H3,(H2,13,20)(H,16,17). The van der Waals surface area contributed by atoms with Gasteiger partial charge in [0.1, 0.15) is 0 Å². The maximum Gasteiger partial charge on any atom is 0.304 e. The van der Waals surface area contributed by atoms with Crippen LogP contribution >= 0.6 is 12.2 Å². The first-order valence-corrected chi connectivity index (χ1v) is 6.19. The molecule has 0 heterocycles. The van der Waals surface area contributed by atoms with E-state index in [1.165, 1.54) is 12.1 Å². The van der Waals surface area contributed by atoms with Gasteiger partial charge < -0.3 is 10.8 Å². The van der Waals surface area contributed by atoms with Gasteiger partial charge >= 0.3 is 5.97 Å². The molecule has 0 saturated carbocycles. The third kappa shape index (κ3) is 4.25. The van der Waals surface area contributed by atoms with Gasteiger partial charge in [0.05, 0.1) is 22.4 Å². The highest BCUT2D eigenvalue weighted by Crippen LogP contribution is 2.22. The molecular formula is C12H15N3O4S. The zero-order chi connectivity index (χ0) is 15.3. The minimum Gasteiger partial charge on any atom is -0.481 e. The van der Waals surface area contributed by atoms with Gasteiger partial charge in [-0.3, -0.25) is 19.8 Å². The first-order chi connectivity index (χ1) is 9.32. The summed E-state index contributed by atoms with van der Waals surface area (Å²) in [4.78, 5) is 22.6. The van der Waals surface area contributed by atoms with Crippen molar-refractivity contribution in [2.24, 2.45) is 5.73 Å². The monoisotopic (exact) mass is 297 g/mol. The Morgan fingerprint density at radius 1 is 1.50 bits per heavy atom. The second-order valence-electron chi connectivity index (χ2n) is 4.28. The van der Waals surface area contributed by atoms with Crippen molar-refractivity contribution >= 4 is 28.9 Å². The molecule has 8 heteroatoms. The lowest BCUT2D eigenvalue weighted by atomic mass is 10.0. The average molecular weight is 297 g/mol. The van der Waals surface area contributed by atoms with Gasteiger partial charge in [0, 0.05) is 18.7 Å². The SMILES string of the molecule is CN(CCC(=O)O)C(C(N)=S)c1ccc([N+](=O)[O-])cc1. The van der Waals surface area contributed by atoms with Gasteiger partial charge in [-0.2, -0.15) is 0 Å². The molecule has 0 radical (unpaired) electrons. The zero-order valence-electron chi connectivity index (χ0n) is 10.9. The minimum absolute atomic E-state index is 0.0244. The highest BCUT2D eigenvalue weighted by atomic mass is 32.1. The molecule has 20 heavy (non-hydrogen) atoms. The lowest BCUT2D eigenvalue weighted by Crippen LogP contribution is -2.35. The van der Waals surface area contributed by atoms with E-state index in [1.807, 2.05) is 0 Å². The van der Waals surface area contributed by atoms with Crippen LogP contribution in [0.2, 0.25) is 0 Å². The summed E-state index contributed by atoms with van der Waals surface area (Å²) in [7, 11) is 1.70. The summed E-state index contributed by atoms with van der Waals surface area (Å²) in [6.07, 6.45) is -0.0391. The van der Waals surface area contributed by atoms with Crippen LogP contribution < -0.4 is 5.73 Å². The predicted molar refractivity (Wildman–Crippen MR) is 77.5 cm³/mol. The largest absolute Gasteiger partial charge is 0.481 e. The van der Waals surface area contributed by atoms with Crippen molar-refractivity contribution in [2.45, 2.75) is 12.5 Å². The number of hydrogen-bond donors (Lipinski definition) is 2. The Kier molecular flexibility index (Phi) is 5.53. The van der Waals surface area contributed by atoms with Crippen molar-refractivity contribution in [1.29, 1.82) is 0 Å². The molecule has 0 aliphatic carbocycles. The maximum absolute atomic E-state index is 10.6. The van der Waals surface area contributed by atoms with E-state index in [-0.39, 0.29) is 23.6 Å². The molecule has 0 saturated heterocycles. The summed E-state index contributed by atoms with van der Waals surface area (Å²) in [6, 6.07) is 5.42. The fourth-order valence-corrected chi connectivity index (χ4v) is 2.13. The van der Waals surface area contributed by atoms with Crippen LogP contribution in [-0.4, -0.2) is 39.5 Å². The summed E-state index contributed by atoms with van der Waals surface area (Å²) in [5.41, 5.74) is 6.35. The van der Waals surface area contributed by atoms with Crippen molar-refractivity contribution in [1.82, 2.24) is 4.90 Å². The van der Waals surface area contributed by atoms with Crippen LogP contribution in [0.25, 0.3) is 0 Å². The Morgan fingerprint density at radius 3 is 2.45 bits per heavy atom. The van der Waals surface area contributed by atoms with Crippen LogP contribution in [-0.2, 0) is 4.79 Å². The van der Waals surface area contributed by atoms with E-state index in [0.717, 1.165) is 0 Å². The van der Waals surface area contributed by atoms with E-state index >= 15 is 0 Å². The van der Waals surface area contributed by atoms with E-state index in [1.54, 1.807) is 24.1 Å². The van der Waals surface area contributed by atoms with Crippen LogP contribution in [0.1, 0.15) is 18.0 Å². The van der Waals surface area contributed by atoms with Crippen molar-refractivity contribution in [3.63, 3.8) is 0 Å². The average Bonchev–Trinajstić information content (AvgIpc) is 2.36. The van der Waals surface area contributed by atoms with Crippen LogP contribution in [0.15, 0.2) is 24.3 Å². The van der Waals surface area contributed by atoms with Crippen LogP contribution in [0.4, 0.5) is 5.69 Å². The fourth-order valence-electron chi connectivity index (χ4n) is 1.82. The fraction of sp³-hybridized carbons (Fsp3) is 0.333. The van der Waals surface area contributed by atoms with Gasteiger partial charge in [-0.1, -0.05) is 24.4 Å². The summed E-state index contributed by atoms with van der Waals surface area (Å²) in [6.45, 7) is 0.272. The van der Waals surface area contributed by atoms with Gasteiger partial charge in [-0.25, -0.2) is 0 Å². The molecule has 108 valence electrons. The molecular weight excluding hydrogens is 282 g/mol. The van der Waals surface area contributed by atoms with E-state index < -0.39 is 16.9 Å². The van der Waals surface area contributed by atoms with Gasteiger partial charge in [-0.05, 0) is 12.6 Å². The zero-order valence-corrected chi connectivity index (χ0v) is 11.7. The number of nitro benzene ring substituents is 1. The molecule has 3 N–H and O–H groups in total. The highest BCUT2D eigenvalue weighted by molar-refractivity contribution is 7.80. The molecule has 0 amide bonds. The third-order valence-corrected chi connectivity index (χ3v) is 3.03. The number of likely N-dealkylation sites (N-methyl/N-ethyl adjacent to an activating group) is 1. The first kappa shape index (κ1) is 16.0. The molecule has 0 spiro atoms. The quantitative estimate of drug-likeness (QED) is 0.444. The summed E-state index contributed by atoms with van der Waals surface area (Å²) >= 11 is 4.99. The smallest absolute Gasteiger partial charge is 0.304 e. The molecule has 0 aliphatic rings. The Labute approximate surface area is 121 Å². The van der Waals surface area contributed by atoms with E-state index in [4.69, 9.17) is 23.1 Å². The topological polar surface area (TPSA) is 110 Å². The lowest BCUT2D eigenvalue weighted by molar-refractivity contribution is -0.384. The molecule has 1 rings (SSSR count). The molecule has 0 bridgehead atoms. The summed E-state index contributed by atoms with van der Waals surface area (Å²) in [5.74, 6) is -0.915. The van der Waals surface area contributed by atoms with Crippen molar-refractivity contribution in [3.8, 4) is 0 Å². The number of nitro groups is 1. The molecule has 0 aromatic heterocycles. The Hall–Kier alpha value is -2.06. The van der Waals surface area contributed by atoms with Crippen molar-refractivity contribution in [2.75, 3.05) is 13.6 Å². The molecule has 0 aliphatic heterocycles. The van der Waals surface area contributed by atoms with Gasteiger partial charge in [0.15, 0.2) is 0 Å². The second kappa shape index (κ2) is 6.92. The first-order valence-electron chi connectivity index (χ1n) is 5.78. The van der Waals surface area contributed by atoms with Crippen LogP contribution in [0.3, 0.4) is 0 Å². The number of benzene rings is 1. The van der Waals surface area contributed by atoms with E-state index in [9.17, 15) is 14.9 Å². The van der Waals surface area contributed by atoms with Crippen LogP contribution in [0.5, 0.6) is 0 Å². The second-order valence-corrected chi connectivity index (χ2v) is 4.75. The summed E-state index contributed by atoms with van der Waals surface area (Å²) in [5, 5.41) is 19.3. The lowest BCUT2D eigenvalue weighted by Gasteiger charge is -2.26. The Bertz CT molecular complexity index is 518. The van der Waals surface area contributed by atoms with Gasteiger partial charge in [-0.15, -0.1) is 0 Å². The third-order valence-electron chi connectivity index (χ3n) is 2.81. The number of rotatable bonds is 7. The molecule has 7 nitrogen and oxygen atoms in total. The number of carbonyl (C=O) groups is 1. The minimum atomic E-state index is -0.915. The van der Waals surface area contributed by atoms with Crippen molar-refractivity contribution in [3.05, 3.63) is 39.9 Å². The molecule has 1 aromatic carbocycles. The number of carboxylic acid groups (broad SMARTS) is 1. The molecule has 1 unspecified atom stereocenters. The highest BCUT2D eigenvalue weighted by Gasteiger charge is 2.21. The Balaban J connectivity index is 2.92. The molecule has 1 atom stereocenters. The number of carboxylic acids is 1. The van der Waals surface area contributed by atoms with E-state index in [0.29, 0.717) is 5.56 Å². The van der Waals surface area contributed by atoms with E-state index in [2.05, 4.69) is 0 Å². The number of nitrogens with two attached hydrogens (primary N) is 1. The van der Waals surface area contributed by atoms with Crippen LogP contribution in [0, 0.1) is 10.1 Å². The summed E-state index contributed by atoms with van der Waals surface area (Å²) < 4.78 is 0. The molecule has 1 aromatic rings. The number of nitrogens with zero attached hydrogens (tertiary/aromatic N) is 2. The van der Waals surface area contributed by atoms with Crippen molar-refractivity contribution < 1.29 is 14.8 Å². The number of non-ortho nitro benzene ring substituents is 1. The van der Waals surface area contributed by atoms with Gasteiger partial charge in [0.25, 0.3) is 5.69 Å². The number of hydrogen-bond acceptors (Lipinski definition) is 5. The number of thiocarbonyl (C=S) groups is 1. The predicted octanol–water partition coefficient (Wildman–Crippen LogP) is 1.33. The molecule has 0 fully saturated rings. The van der Waals surface area contributed by atoms with Gasteiger partial charge in [0.2, 0.25) is 0 Å². The Morgan fingerprint density at radius 2 is 2.05 bits per heavy atom. The number of aliphatic carboxylic acids is 1. The normalized spacial score (nSPS) is 12.1. The maximum atomic E-state index is 10.6.